The van der Waals surface area contributed by atoms with Crippen LogP contribution in [0.1, 0.15) is 9.75 Å². The van der Waals surface area contributed by atoms with Crippen LogP contribution in [-0.2, 0) is 16.0 Å². The van der Waals surface area contributed by atoms with Gasteiger partial charge in [-0.3, -0.25) is 14.9 Å². The van der Waals surface area contributed by atoms with Gasteiger partial charge in [0.15, 0.2) is 12.7 Å². The smallest absolute Gasteiger partial charge is 0.350 e. The van der Waals surface area contributed by atoms with E-state index in [2.05, 4.69) is 17.2 Å². The number of amides is 4. The number of rotatable bonds is 5. The van der Waals surface area contributed by atoms with Crippen molar-refractivity contribution in [3.63, 3.8) is 0 Å². The van der Waals surface area contributed by atoms with E-state index in [1.54, 1.807) is 12.1 Å². The number of hydrogen-bond donors (Lipinski definition) is 3. The molecule has 1 aromatic rings. The van der Waals surface area contributed by atoms with Crippen molar-refractivity contribution in [2.75, 3.05) is 13.2 Å². The summed E-state index contributed by atoms with van der Waals surface area (Å²) < 4.78 is 37.4. The van der Waals surface area contributed by atoms with Crippen LogP contribution >= 0.6 is 11.3 Å². The highest BCUT2D eigenvalue weighted by molar-refractivity contribution is 7.12. The number of carbonyl (C=O) groups excluding carboxylic acids is 3. The van der Waals surface area contributed by atoms with Gasteiger partial charge in [0.25, 0.3) is 11.8 Å². The topological polar surface area (TPSA) is 87.3 Å². The number of thiophene rings is 1. The molecular weight excluding hydrogens is 347 g/mol. The highest BCUT2D eigenvalue weighted by atomic mass is 32.1. The van der Waals surface area contributed by atoms with E-state index in [-0.39, 0.29) is 13.0 Å². The van der Waals surface area contributed by atoms with Crippen molar-refractivity contribution in [1.29, 1.82) is 0 Å². The Kier molecular flexibility index (Phi) is 5.46. The molecule has 24 heavy (non-hydrogen) atoms. The fraction of sp³-hybridized carbons (Fsp3) is 0.357. The molecule has 0 aromatic carbocycles. The van der Waals surface area contributed by atoms with Gasteiger partial charge in [0.1, 0.15) is 0 Å². The van der Waals surface area contributed by atoms with E-state index in [0.29, 0.717) is 4.88 Å². The van der Waals surface area contributed by atoms with Gasteiger partial charge in [-0.25, -0.2) is 9.18 Å². The van der Waals surface area contributed by atoms with E-state index in [1.165, 1.54) is 11.3 Å². The second-order valence-corrected chi connectivity index (χ2v) is 5.94. The first-order valence-electron chi connectivity index (χ1n) is 6.75. The van der Waals surface area contributed by atoms with Crippen molar-refractivity contribution in [3.8, 4) is 11.8 Å². The molecule has 1 saturated heterocycles. The Bertz CT molecular complexity index is 724. The predicted molar refractivity (Wildman–Crippen MR) is 79.3 cm³/mol. The number of imide groups is 1. The highest BCUT2D eigenvalue weighted by Gasteiger charge is 2.38. The molecule has 1 fully saturated rings. The second kappa shape index (κ2) is 7.35. The molecule has 1 aromatic heterocycles. The maximum atomic E-state index is 12.7. The van der Waals surface area contributed by atoms with Gasteiger partial charge >= 0.3 is 12.0 Å². The minimum atomic E-state index is -4.02. The Labute approximate surface area is 138 Å². The predicted octanol–water partition coefficient (Wildman–Crippen LogP) is 0.571. The fourth-order valence-corrected chi connectivity index (χ4v) is 2.60. The van der Waals surface area contributed by atoms with Crippen LogP contribution in [-0.4, -0.2) is 43.0 Å². The fourth-order valence-electron chi connectivity index (χ4n) is 1.73. The molecule has 0 bridgehead atoms. The van der Waals surface area contributed by atoms with Crippen LogP contribution in [0.25, 0.3) is 0 Å². The summed E-state index contributed by atoms with van der Waals surface area (Å²) in [6.07, 6.45) is 0.279. The second-order valence-electron chi connectivity index (χ2n) is 4.78. The summed E-state index contributed by atoms with van der Waals surface area (Å²) in [7, 11) is 0. The summed E-state index contributed by atoms with van der Waals surface area (Å²) in [6, 6.07) is 1.85. The molecule has 1 unspecified atom stereocenters. The third-order valence-electron chi connectivity index (χ3n) is 2.93. The molecule has 0 saturated carbocycles. The average Bonchev–Trinajstić information content (AvgIpc) is 3.11. The van der Waals surface area contributed by atoms with Crippen LogP contribution in [0.15, 0.2) is 12.1 Å². The van der Waals surface area contributed by atoms with E-state index in [1.807, 2.05) is 10.6 Å². The molecule has 10 heteroatoms. The Balaban J connectivity index is 1.85. The zero-order valence-electron chi connectivity index (χ0n) is 12.1. The SMILES string of the molecule is O=C1NC(=O)C(C#Cc2ccc(CCNC(=O)C(F)(F)CF)s2)N1. The molecule has 128 valence electrons. The maximum absolute atomic E-state index is 12.7. The summed E-state index contributed by atoms with van der Waals surface area (Å²) in [5, 5.41) is 6.34. The van der Waals surface area contributed by atoms with Gasteiger partial charge < -0.3 is 10.6 Å². The Morgan fingerprint density at radius 3 is 2.75 bits per heavy atom. The zero-order chi connectivity index (χ0) is 17.7. The van der Waals surface area contributed by atoms with E-state index in [9.17, 15) is 27.6 Å². The first kappa shape index (κ1) is 17.8. The monoisotopic (exact) mass is 359 g/mol. The Morgan fingerprint density at radius 1 is 1.38 bits per heavy atom. The number of halogens is 3. The first-order chi connectivity index (χ1) is 11.3. The van der Waals surface area contributed by atoms with Crippen molar-refractivity contribution in [3.05, 3.63) is 21.9 Å². The third-order valence-corrected chi connectivity index (χ3v) is 3.99. The lowest BCUT2D eigenvalue weighted by Gasteiger charge is -2.11. The van der Waals surface area contributed by atoms with Crippen LogP contribution in [0.4, 0.5) is 18.0 Å². The summed E-state index contributed by atoms with van der Waals surface area (Å²) in [4.78, 5) is 34.6. The van der Waals surface area contributed by atoms with E-state index in [0.717, 1.165) is 4.88 Å². The van der Waals surface area contributed by atoms with Crippen molar-refractivity contribution in [2.45, 2.75) is 18.4 Å². The number of carbonyl (C=O) groups is 3. The van der Waals surface area contributed by atoms with Gasteiger partial charge in [-0.1, -0.05) is 11.8 Å². The van der Waals surface area contributed by atoms with E-state index >= 15 is 0 Å². The number of nitrogens with one attached hydrogen (secondary N) is 3. The van der Waals surface area contributed by atoms with Crippen LogP contribution in [0.5, 0.6) is 0 Å². The lowest BCUT2D eigenvalue weighted by Crippen LogP contribution is -2.42. The first-order valence-corrected chi connectivity index (χ1v) is 7.57. The Hall–Kier alpha value is -2.54. The molecule has 6 nitrogen and oxygen atoms in total. The van der Waals surface area contributed by atoms with Crippen LogP contribution in [0.2, 0.25) is 0 Å². The van der Waals surface area contributed by atoms with Gasteiger partial charge in [-0.15, -0.1) is 11.3 Å². The largest absolute Gasteiger partial charge is 0.352 e. The minimum absolute atomic E-state index is 0.0666. The zero-order valence-corrected chi connectivity index (χ0v) is 12.9. The lowest BCUT2D eigenvalue weighted by atomic mass is 10.3. The quantitative estimate of drug-likeness (QED) is 0.531. The molecule has 0 radical (unpaired) electrons. The minimum Gasteiger partial charge on any atom is -0.350 e. The number of alkyl halides is 3. The molecule has 2 rings (SSSR count). The molecule has 0 spiro atoms. The van der Waals surface area contributed by atoms with Crippen molar-refractivity contribution < 1.29 is 27.6 Å². The molecule has 1 aliphatic rings. The molecule has 2 heterocycles. The summed E-state index contributed by atoms with van der Waals surface area (Å²) in [6.45, 7) is -2.11. The number of urea groups is 1. The van der Waals surface area contributed by atoms with Gasteiger partial charge in [-0.05, 0) is 18.6 Å². The van der Waals surface area contributed by atoms with Crippen LogP contribution < -0.4 is 16.0 Å². The third kappa shape index (κ3) is 4.48. The van der Waals surface area contributed by atoms with Crippen LogP contribution in [0.3, 0.4) is 0 Å². The van der Waals surface area contributed by atoms with Gasteiger partial charge in [0, 0.05) is 11.4 Å². The van der Waals surface area contributed by atoms with Crippen molar-refractivity contribution in [1.82, 2.24) is 16.0 Å². The van der Waals surface area contributed by atoms with Gasteiger partial charge in [-0.2, -0.15) is 8.78 Å². The number of hydrogen-bond acceptors (Lipinski definition) is 4. The van der Waals surface area contributed by atoms with Gasteiger partial charge in [0.05, 0.1) is 4.88 Å². The van der Waals surface area contributed by atoms with E-state index < -0.39 is 36.5 Å². The summed E-state index contributed by atoms with van der Waals surface area (Å²) in [5.41, 5.74) is 0. The average molecular weight is 359 g/mol. The maximum Gasteiger partial charge on any atom is 0.352 e. The Morgan fingerprint density at radius 2 is 2.12 bits per heavy atom. The standard InChI is InChI=1S/C14H12F3N3O3S/c15-7-14(16,17)12(22)18-6-5-9-2-1-8(24-9)3-4-10-11(21)20-13(23)19-10/h1-2,10H,5-7H2,(H,18,22)(H2,19,20,21,23). The molecule has 3 N–H and O–H groups in total. The molecule has 1 aliphatic heterocycles. The van der Waals surface area contributed by atoms with Crippen LogP contribution in [0, 0.1) is 11.8 Å². The van der Waals surface area contributed by atoms with Crippen molar-refractivity contribution >= 4 is 29.2 Å². The summed E-state index contributed by atoms with van der Waals surface area (Å²) >= 11 is 1.25. The molecule has 0 aliphatic carbocycles. The van der Waals surface area contributed by atoms with Crippen molar-refractivity contribution in [2.24, 2.45) is 0 Å². The molecule has 4 amide bonds. The molecular formula is C14H12F3N3O3S. The lowest BCUT2D eigenvalue weighted by molar-refractivity contribution is -0.147. The summed E-state index contributed by atoms with van der Waals surface area (Å²) in [5.74, 6) is -0.865. The van der Waals surface area contributed by atoms with Gasteiger partial charge in [0.2, 0.25) is 0 Å². The van der Waals surface area contributed by atoms with E-state index in [4.69, 9.17) is 0 Å². The normalized spacial score (nSPS) is 16.9. The molecule has 1 atom stereocenters. The highest BCUT2D eigenvalue weighted by Crippen LogP contribution is 2.17.